The second-order valence-electron chi connectivity index (χ2n) is 6.70. The molecule has 2 fully saturated rings. The Labute approximate surface area is 137 Å². The highest BCUT2D eigenvalue weighted by molar-refractivity contribution is 5.94. The molecule has 2 saturated heterocycles. The van der Waals surface area contributed by atoms with Crippen LogP contribution in [0.15, 0.2) is 18.5 Å². The lowest BCUT2D eigenvalue weighted by atomic mass is 9.86. The van der Waals surface area contributed by atoms with E-state index in [1.54, 1.807) is 12.4 Å². The molecule has 0 saturated carbocycles. The van der Waals surface area contributed by atoms with Crippen molar-refractivity contribution in [1.29, 1.82) is 0 Å². The quantitative estimate of drug-likeness (QED) is 0.890. The summed E-state index contributed by atoms with van der Waals surface area (Å²) in [6.07, 6.45) is 5.87. The summed E-state index contributed by atoms with van der Waals surface area (Å²) in [7, 11) is 2.13. The first kappa shape index (κ1) is 16.1. The van der Waals surface area contributed by atoms with E-state index < -0.39 is 0 Å². The number of H-pyrrole nitrogens is 1. The van der Waals surface area contributed by atoms with Gasteiger partial charge in [-0.05, 0) is 32.9 Å². The molecule has 2 aliphatic heterocycles. The molecule has 0 bridgehead atoms. The number of hydrogen-bond acceptors (Lipinski definition) is 3. The van der Waals surface area contributed by atoms with E-state index in [1.807, 2.05) is 22.8 Å². The molecular formula is C17H26N4O2. The molecule has 2 aliphatic rings. The van der Waals surface area contributed by atoms with Crippen LogP contribution in [0.5, 0.6) is 0 Å². The van der Waals surface area contributed by atoms with Gasteiger partial charge in [0, 0.05) is 57.1 Å². The summed E-state index contributed by atoms with van der Waals surface area (Å²) in [5.74, 6) is 0.327. The molecule has 6 nitrogen and oxygen atoms in total. The zero-order valence-corrected chi connectivity index (χ0v) is 14.0. The number of carbonyl (C=O) groups excluding carboxylic acids is 2. The maximum absolute atomic E-state index is 12.7. The number of hydrogen-bond donors (Lipinski definition) is 1. The summed E-state index contributed by atoms with van der Waals surface area (Å²) < 4.78 is 0. The summed E-state index contributed by atoms with van der Waals surface area (Å²) >= 11 is 0. The van der Waals surface area contributed by atoms with Crippen molar-refractivity contribution in [2.24, 2.45) is 0 Å². The first-order valence-corrected chi connectivity index (χ1v) is 8.47. The molecule has 126 valence electrons. The Morgan fingerprint density at radius 2 is 2.13 bits per heavy atom. The van der Waals surface area contributed by atoms with Crippen molar-refractivity contribution in [3.8, 4) is 0 Å². The molecule has 6 heteroatoms. The van der Waals surface area contributed by atoms with E-state index in [4.69, 9.17) is 0 Å². The monoisotopic (exact) mass is 318 g/mol. The number of likely N-dealkylation sites (tertiary alicyclic amines) is 1. The highest BCUT2D eigenvalue weighted by atomic mass is 16.2. The second kappa shape index (κ2) is 6.35. The van der Waals surface area contributed by atoms with Crippen LogP contribution in [0.4, 0.5) is 0 Å². The molecule has 1 aromatic heterocycles. The van der Waals surface area contributed by atoms with Crippen molar-refractivity contribution in [2.45, 2.75) is 31.7 Å². The minimum Gasteiger partial charge on any atom is -0.367 e. The SMILES string of the molecule is CCN1CC[C@@]2(CCC1=O)CN(C(=O)c1cc[nH]c1)CCN2C. The van der Waals surface area contributed by atoms with Gasteiger partial charge in [0.05, 0.1) is 5.56 Å². The Kier molecular flexibility index (Phi) is 4.43. The van der Waals surface area contributed by atoms with Crippen LogP contribution >= 0.6 is 0 Å². The number of likely N-dealkylation sites (N-methyl/N-ethyl adjacent to an activating group) is 1. The lowest BCUT2D eigenvalue weighted by Gasteiger charge is -2.49. The molecule has 3 rings (SSSR count). The van der Waals surface area contributed by atoms with E-state index in [9.17, 15) is 9.59 Å². The van der Waals surface area contributed by atoms with Crippen molar-refractivity contribution < 1.29 is 9.59 Å². The van der Waals surface area contributed by atoms with E-state index in [0.717, 1.165) is 39.0 Å². The predicted octanol–water partition coefficient (Wildman–Crippen LogP) is 1.17. The Hall–Kier alpha value is -1.82. The largest absolute Gasteiger partial charge is 0.367 e. The number of aromatic nitrogens is 1. The first-order valence-electron chi connectivity index (χ1n) is 8.47. The molecule has 0 radical (unpaired) electrons. The number of carbonyl (C=O) groups is 2. The highest BCUT2D eigenvalue weighted by Gasteiger charge is 2.43. The Bertz CT molecular complexity index is 571. The normalized spacial score (nSPS) is 26.6. The summed E-state index contributed by atoms with van der Waals surface area (Å²) in [4.78, 5) is 34.1. The van der Waals surface area contributed by atoms with Crippen molar-refractivity contribution >= 4 is 11.8 Å². The average molecular weight is 318 g/mol. The van der Waals surface area contributed by atoms with Crippen LogP contribution in [-0.2, 0) is 4.79 Å². The fraction of sp³-hybridized carbons (Fsp3) is 0.647. The number of piperazine rings is 1. The summed E-state index contributed by atoms with van der Waals surface area (Å²) in [5, 5.41) is 0. The summed E-state index contributed by atoms with van der Waals surface area (Å²) in [6.45, 7) is 5.89. The van der Waals surface area contributed by atoms with Gasteiger partial charge in [0.15, 0.2) is 0 Å². The smallest absolute Gasteiger partial charge is 0.255 e. The van der Waals surface area contributed by atoms with Gasteiger partial charge in [-0.25, -0.2) is 0 Å². The van der Waals surface area contributed by atoms with Crippen LogP contribution in [0.25, 0.3) is 0 Å². The van der Waals surface area contributed by atoms with Gasteiger partial charge in [0.1, 0.15) is 0 Å². The van der Waals surface area contributed by atoms with E-state index in [1.165, 1.54) is 0 Å². The van der Waals surface area contributed by atoms with Crippen molar-refractivity contribution in [1.82, 2.24) is 19.7 Å². The zero-order valence-electron chi connectivity index (χ0n) is 14.0. The molecule has 0 aliphatic carbocycles. The van der Waals surface area contributed by atoms with E-state index >= 15 is 0 Å². The number of aromatic amines is 1. The van der Waals surface area contributed by atoms with Crippen LogP contribution in [-0.4, -0.2) is 76.8 Å². The van der Waals surface area contributed by atoms with Gasteiger partial charge < -0.3 is 14.8 Å². The van der Waals surface area contributed by atoms with Crippen LogP contribution in [0.3, 0.4) is 0 Å². The van der Waals surface area contributed by atoms with Crippen molar-refractivity contribution in [2.75, 3.05) is 39.8 Å². The molecule has 0 unspecified atom stereocenters. The van der Waals surface area contributed by atoms with Gasteiger partial charge in [0.25, 0.3) is 5.91 Å². The van der Waals surface area contributed by atoms with E-state index in [2.05, 4.69) is 16.9 Å². The minimum absolute atomic E-state index is 0.0796. The van der Waals surface area contributed by atoms with Crippen LogP contribution in [0.1, 0.15) is 36.5 Å². The summed E-state index contributed by atoms with van der Waals surface area (Å²) in [6, 6.07) is 1.82. The zero-order chi connectivity index (χ0) is 16.4. The third-order valence-corrected chi connectivity index (χ3v) is 5.52. The molecule has 23 heavy (non-hydrogen) atoms. The molecular weight excluding hydrogens is 292 g/mol. The van der Waals surface area contributed by atoms with Crippen LogP contribution in [0.2, 0.25) is 0 Å². The topological polar surface area (TPSA) is 59.7 Å². The molecule has 1 spiro atoms. The van der Waals surface area contributed by atoms with Crippen molar-refractivity contribution in [3.63, 3.8) is 0 Å². The molecule has 3 heterocycles. The van der Waals surface area contributed by atoms with Gasteiger partial charge in [-0.2, -0.15) is 0 Å². The fourth-order valence-corrected chi connectivity index (χ4v) is 3.84. The third-order valence-electron chi connectivity index (χ3n) is 5.52. The van der Waals surface area contributed by atoms with Gasteiger partial charge in [0.2, 0.25) is 5.91 Å². The minimum atomic E-state index is -0.0796. The predicted molar refractivity (Wildman–Crippen MR) is 88.2 cm³/mol. The highest BCUT2D eigenvalue weighted by Crippen LogP contribution is 2.32. The van der Waals surface area contributed by atoms with E-state index in [0.29, 0.717) is 18.5 Å². The molecule has 1 atom stereocenters. The number of nitrogens with zero attached hydrogens (tertiary/aromatic N) is 3. The van der Waals surface area contributed by atoms with Crippen LogP contribution < -0.4 is 0 Å². The summed E-state index contributed by atoms with van der Waals surface area (Å²) in [5.41, 5.74) is 0.633. The van der Waals surface area contributed by atoms with Gasteiger partial charge >= 0.3 is 0 Å². The molecule has 1 aromatic rings. The third kappa shape index (κ3) is 3.00. The van der Waals surface area contributed by atoms with Gasteiger partial charge in [-0.15, -0.1) is 0 Å². The van der Waals surface area contributed by atoms with Gasteiger partial charge in [-0.1, -0.05) is 0 Å². The van der Waals surface area contributed by atoms with E-state index in [-0.39, 0.29) is 17.4 Å². The first-order chi connectivity index (χ1) is 11.1. The number of amides is 2. The average Bonchev–Trinajstić information content (AvgIpc) is 3.04. The lowest BCUT2D eigenvalue weighted by molar-refractivity contribution is -0.130. The van der Waals surface area contributed by atoms with Crippen molar-refractivity contribution in [3.05, 3.63) is 24.0 Å². The number of rotatable bonds is 2. The maximum atomic E-state index is 12.7. The maximum Gasteiger partial charge on any atom is 0.255 e. The Balaban J connectivity index is 1.77. The molecule has 2 amide bonds. The molecule has 0 aromatic carbocycles. The standard InChI is InChI=1S/C17H26N4O2/c1-3-20-9-7-17(6-4-15(20)22)13-21(11-10-19(17)2)16(23)14-5-8-18-12-14/h5,8,12,18H,3-4,6-7,9-11,13H2,1-2H3/t17-/m0/s1. The fourth-order valence-electron chi connectivity index (χ4n) is 3.84. The number of nitrogens with one attached hydrogen (secondary N) is 1. The van der Waals surface area contributed by atoms with Gasteiger partial charge in [-0.3, -0.25) is 14.5 Å². The lowest BCUT2D eigenvalue weighted by Crippen LogP contribution is -2.62. The molecule has 1 N–H and O–H groups in total. The second-order valence-corrected chi connectivity index (χ2v) is 6.70. The van der Waals surface area contributed by atoms with Crippen LogP contribution in [0, 0.1) is 0 Å². The Morgan fingerprint density at radius 3 is 2.83 bits per heavy atom. The Morgan fingerprint density at radius 1 is 1.30 bits per heavy atom.